The van der Waals surface area contributed by atoms with Crippen molar-refractivity contribution in [2.24, 2.45) is 0 Å². The highest BCUT2D eigenvalue weighted by atomic mass is 16.3. The molecule has 0 aliphatic rings. The number of rotatable bonds is 7. The Kier molecular flexibility index (Phi) is 7.69. The van der Waals surface area contributed by atoms with Gasteiger partial charge in [0, 0.05) is 0 Å². The number of terminal acetylenes is 1. The van der Waals surface area contributed by atoms with E-state index in [9.17, 15) is 4.79 Å². The summed E-state index contributed by atoms with van der Waals surface area (Å²) in [4.78, 5) is 11.3. The van der Waals surface area contributed by atoms with Gasteiger partial charge < -0.3 is 15.7 Å². The normalized spacial score (nSPS) is 14.0. The van der Waals surface area contributed by atoms with Gasteiger partial charge in [-0.3, -0.25) is 4.79 Å². The fourth-order valence-corrected chi connectivity index (χ4v) is 1.10. The van der Waals surface area contributed by atoms with Gasteiger partial charge in [-0.05, 0) is 33.2 Å². The van der Waals surface area contributed by atoms with Gasteiger partial charge in [0.25, 0.3) is 0 Å². The van der Waals surface area contributed by atoms with Gasteiger partial charge in [-0.1, -0.05) is 5.92 Å². The van der Waals surface area contributed by atoms with Crippen LogP contribution < -0.4 is 10.6 Å². The summed E-state index contributed by atoms with van der Waals surface area (Å²) in [5.74, 6) is 2.25. The number of carbonyl (C=O) groups excluding carboxylic acids is 1. The number of aliphatic hydroxyl groups is 1. The maximum absolute atomic E-state index is 11.3. The van der Waals surface area contributed by atoms with Crippen molar-refractivity contribution >= 4 is 5.91 Å². The molecule has 0 aliphatic carbocycles. The number of amides is 1. The van der Waals surface area contributed by atoms with Crippen LogP contribution in [-0.2, 0) is 4.79 Å². The Labute approximate surface area is 91.4 Å². The highest BCUT2D eigenvalue weighted by molar-refractivity contribution is 5.81. The molecule has 2 unspecified atom stereocenters. The maximum atomic E-state index is 11.3. The van der Waals surface area contributed by atoms with Crippen LogP contribution in [0, 0.1) is 12.3 Å². The fraction of sp³-hybridized carbons (Fsp3) is 0.727. The van der Waals surface area contributed by atoms with Gasteiger partial charge in [-0.2, -0.15) is 0 Å². The molecule has 15 heavy (non-hydrogen) atoms. The van der Waals surface area contributed by atoms with E-state index in [1.165, 1.54) is 0 Å². The Morgan fingerprint density at radius 1 is 1.53 bits per heavy atom. The second-order valence-electron chi connectivity index (χ2n) is 3.59. The fourth-order valence-electron chi connectivity index (χ4n) is 1.10. The summed E-state index contributed by atoms with van der Waals surface area (Å²) in [6, 6.07) is -0.243. The summed E-state index contributed by atoms with van der Waals surface area (Å²) in [7, 11) is 0. The lowest BCUT2D eigenvalue weighted by Crippen LogP contribution is -2.42. The third-order valence-electron chi connectivity index (χ3n) is 2.01. The first-order chi connectivity index (χ1) is 7.07. The number of nitrogens with one attached hydrogen (secondary N) is 2. The van der Waals surface area contributed by atoms with E-state index in [4.69, 9.17) is 11.5 Å². The third kappa shape index (κ3) is 7.98. The Morgan fingerprint density at radius 2 is 2.20 bits per heavy atom. The predicted molar refractivity (Wildman–Crippen MR) is 60.2 cm³/mol. The molecule has 1 amide bonds. The highest BCUT2D eigenvalue weighted by Gasteiger charge is 2.10. The molecule has 86 valence electrons. The van der Waals surface area contributed by atoms with Crippen molar-refractivity contribution < 1.29 is 9.90 Å². The van der Waals surface area contributed by atoms with E-state index in [1.807, 2.05) is 0 Å². The minimum absolute atomic E-state index is 0.0926. The van der Waals surface area contributed by atoms with Crippen molar-refractivity contribution in [2.45, 2.75) is 38.8 Å². The monoisotopic (exact) mass is 212 g/mol. The number of carbonyl (C=O) groups is 1. The maximum Gasteiger partial charge on any atom is 0.237 e. The lowest BCUT2D eigenvalue weighted by atomic mass is 10.2. The summed E-state index contributed by atoms with van der Waals surface area (Å²) in [5.41, 5.74) is 0. The van der Waals surface area contributed by atoms with Crippen LogP contribution in [0.5, 0.6) is 0 Å². The number of aliphatic hydroxyl groups excluding tert-OH is 1. The topological polar surface area (TPSA) is 61.4 Å². The molecule has 0 aliphatic heterocycles. The summed E-state index contributed by atoms with van der Waals surface area (Å²) in [6.07, 6.45) is 6.33. The first-order valence-corrected chi connectivity index (χ1v) is 5.20. The van der Waals surface area contributed by atoms with Gasteiger partial charge in [-0.25, -0.2) is 0 Å². The van der Waals surface area contributed by atoms with Crippen LogP contribution in [0.15, 0.2) is 0 Å². The van der Waals surface area contributed by atoms with Gasteiger partial charge in [0.15, 0.2) is 0 Å². The molecular formula is C11H20N2O2. The number of hydrogen-bond donors (Lipinski definition) is 3. The Balaban J connectivity index is 3.52. The van der Waals surface area contributed by atoms with Crippen LogP contribution >= 0.6 is 0 Å². The summed E-state index contributed by atoms with van der Waals surface area (Å²) < 4.78 is 0. The lowest BCUT2D eigenvalue weighted by Gasteiger charge is -2.13. The molecule has 0 aromatic heterocycles. The van der Waals surface area contributed by atoms with Crippen LogP contribution in [0.2, 0.25) is 0 Å². The molecule has 0 bridgehead atoms. The lowest BCUT2D eigenvalue weighted by molar-refractivity contribution is -0.122. The zero-order valence-corrected chi connectivity index (χ0v) is 9.42. The quantitative estimate of drug-likeness (QED) is 0.407. The SMILES string of the molecule is C#CCNC(=O)C(C)NCCCC(C)O. The van der Waals surface area contributed by atoms with E-state index >= 15 is 0 Å². The van der Waals surface area contributed by atoms with Gasteiger partial charge >= 0.3 is 0 Å². The summed E-state index contributed by atoms with van der Waals surface area (Å²) >= 11 is 0. The van der Waals surface area contributed by atoms with Gasteiger partial charge in [-0.15, -0.1) is 6.42 Å². The Morgan fingerprint density at radius 3 is 2.73 bits per heavy atom. The zero-order chi connectivity index (χ0) is 11.7. The second-order valence-corrected chi connectivity index (χ2v) is 3.59. The standard InChI is InChI=1S/C11H20N2O2/c1-4-7-13-11(15)10(3)12-8-5-6-9(2)14/h1,9-10,12,14H,5-8H2,2-3H3,(H,13,15). The molecule has 0 saturated carbocycles. The molecule has 2 atom stereocenters. The van der Waals surface area contributed by atoms with Crippen molar-refractivity contribution in [1.29, 1.82) is 0 Å². The molecule has 3 N–H and O–H groups in total. The van der Waals surface area contributed by atoms with Crippen molar-refractivity contribution in [3.8, 4) is 12.3 Å². The van der Waals surface area contributed by atoms with E-state index in [2.05, 4.69) is 16.6 Å². The summed E-state index contributed by atoms with van der Waals surface area (Å²) in [5, 5.41) is 14.7. The zero-order valence-electron chi connectivity index (χ0n) is 9.42. The molecule has 0 fully saturated rings. The van der Waals surface area contributed by atoms with E-state index in [0.29, 0.717) is 0 Å². The van der Waals surface area contributed by atoms with E-state index in [-0.39, 0.29) is 24.6 Å². The smallest absolute Gasteiger partial charge is 0.237 e. The van der Waals surface area contributed by atoms with Crippen LogP contribution in [0.25, 0.3) is 0 Å². The van der Waals surface area contributed by atoms with Gasteiger partial charge in [0.05, 0.1) is 18.7 Å². The van der Waals surface area contributed by atoms with Crippen LogP contribution in [0.4, 0.5) is 0 Å². The Bertz CT molecular complexity index is 221. The van der Waals surface area contributed by atoms with Gasteiger partial charge in [0.1, 0.15) is 0 Å². The van der Waals surface area contributed by atoms with Crippen molar-refractivity contribution in [1.82, 2.24) is 10.6 Å². The van der Waals surface area contributed by atoms with Crippen molar-refractivity contribution in [3.05, 3.63) is 0 Å². The van der Waals surface area contributed by atoms with Crippen LogP contribution in [0.3, 0.4) is 0 Å². The van der Waals surface area contributed by atoms with Crippen LogP contribution in [-0.4, -0.2) is 36.2 Å². The minimum Gasteiger partial charge on any atom is -0.393 e. The van der Waals surface area contributed by atoms with Crippen LogP contribution in [0.1, 0.15) is 26.7 Å². The minimum atomic E-state index is -0.280. The van der Waals surface area contributed by atoms with E-state index in [0.717, 1.165) is 19.4 Å². The Hall–Kier alpha value is -1.05. The van der Waals surface area contributed by atoms with E-state index < -0.39 is 0 Å². The predicted octanol–water partition coefficient (Wildman–Crippen LogP) is -0.125. The first kappa shape index (κ1) is 13.9. The highest BCUT2D eigenvalue weighted by Crippen LogP contribution is 1.94. The van der Waals surface area contributed by atoms with E-state index in [1.54, 1.807) is 13.8 Å². The molecule has 0 aromatic rings. The largest absolute Gasteiger partial charge is 0.393 e. The molecule has 4 nitrogen and oxygen atoms in total. The molecular weight excluding hydrogens is 192 g/mol. The van der Waals surface area contributed by atoms with Crippen molar-refractivity contribution in [3.63, 3.8) is 0 Å². The van der Waals surface area contributed by atoms with Crippen molar-refractivity contribution in [2.75, 3.05) is 13.1 Å². The number of hydrogen-bond acceptors (Lipinski definition) is 3. The molecule has 4 heteroatoms. The third-order valence-corrected chi connectivity index (χ3v) is 2.01. The molecule has 0 rings (SSSR count). The first-order valence-electron chi connectivity index (χ1n) is 5.20. The molecule has 0 heterocycles. The molecule has 0 radical (unpaired) electrons. The van der Waals surface area contributed by atoms with Gasteiger partial charge in [0.2, 0.25) is 5.91 Å². The second kappa shape index (κ2) is 8.27. The molecule has 0 saturated heterocycles. The molecule has 0 spiro atoms. The molecule has 0 aromatic carbocycles. The average Bonchev–Trinajstić information content (AvgIpc) is 2.20. The summed E-state index contributed by atoms with van der Waals surface area (Å²) in [6.45, 7) is 4.52. The average molecular weight is 212 g/mol.